The molecule has 1 rings (SSSR count). The van der Waals surface area contributed by atoms with Crippen molar-refractivity contribution in [3.63, 3.8) is 0 Å². The molecule has 1 unspecified atom stereocenters. The highest BCUT2D eigenvalue weighted by atomic mass is 16.2. The Morgan fingerprint density at radius 3 is 2.41 bits per heavy atom. The fraction of sp³-hybridized carbons (Fsp3) is 0.556. The highest BCUT2D eigenvalue weighted by Crippen LogP contribution is 2.08. The summed E-state index contributed by atoms with van der Waals surface area (Å²) in [6, 6.07) is 9.63. The second-order valence-corrected chi connectivity index (χ2v) is 5.54. The molecule has 0 bridgehead atoms. The third-order valence-electron chi connectivity index (χ3n) is 3.66. The van der Waals surface area contributed by atoms with Crippen LogP contribution in [0.15, 0.2) is 30.3 Å². The second kappa shape index (κ2) is 9.98. The van der Waals surface area contributed by atoms with Crippen molar-refractivity contribution in [3.8, 4) is 0 Å². The minimum absolute atomic E-state index is 0.0533. The molecule has 22 heavy (non-hydrogen) atoms. The Kier molecular flexibility index (Phi) is 8.26. The molecule has 0 saturated carbocycles. The number of carbonyl (C=O) groups is 2. The molecule has 0 aliphatic rings. The standard InChI is InChI=1S/C18H28N2O2/c1-4-9-17(21)20(15(3)18(22)19-13-5-2)14-12-16-10-7-6-8-11-16/h6-8,10-11,15H,4-5,9,12-14H2,1-3H3,(H,19,22). The fourth-order valence-electron chi connectivity index (χ4n) is 2.32. The minimum atomic E-state index is -0.422. The first-order valence-electron chi connectivity index (χ1n) is 8.21. The maximum absolute atomic E-state index is 12.3. The Bertz CT molecular complexity index is 459. The Morgan fingerprint density at radius 1 is 1.14 bits per heavy atom. The summed E-state index contributed by atoms with van der Waals surface area (Å²) in [6.45, 7) is 7.03. The Hall–Kier alpha value is -1.84. The van der Waals surface area contributed by atoms with Gasteiger partial charge in [0.05, 0.1) is 0 Å². The van der Waals surface area contributed by atoms with Gasteiger partial charge in [-0.3, -0.25) is 9.59 Å². The van der Waals surface area contributed by atoms with E-state index in [-0.39, 0.29) is 11.8 Å². The van der Waals surface area contributed by atoms with Gasteiger partial charge in [-0.25, -0.2) is 0 Å². The Balaban J connectivity index is 2.70. The molecule has 4 heteroatoms. The lowest BCUT2D eigenvalue weighted by atomic mass is 10.1. The Labute approximate surface area is 133 Å². The molecule has 0 radical (unpaired) electrons. The van der Waals surface area contributed by atoms with Crippen molar-refractivity contribution in [1.29, 1.82) is 0 Å². The van der Waals surface area contributed by atoms with Crippen LogP contribution in [0, 0.1) is 0 Å². The maximum Gasteiger partial charge on any atom is 0.242 e. The van der Waals surface area contributed by atoms with Gasteiger partial charge >= 0.3 is 0 Å². The molecule has 0 aromatic heterocycles. The van der Waals surface area contributed by atoms with E-state index in [1.165, 1.54) is 5.56 Å². The van der Waals surface area contributed by atoms with Crippen LogP contribution >= 0.6 is 0 Å². The molecule has 1 atom stereocenters. The average molecular weight is 304 g/mol. The van der Waals surface area contributed by atoms with Crippen molar-refractivity contribution >= 4 is 11.8 Å². The zero-order valence-corrected chi connectivity index (χ0v) is 14.0. The van der Waals surface area contributed by atoms with Gasteiger partial charge in [0.15, 0.2) is 0 Å². The van der Waals surface area contributed by atoms with Gasteiger partial charge in [0, 0.05) is 19.5 Å². The lowest BCUT2D eigenvalue weighted by molar-refractivity contribution is -0.139. The summed E-state index contributed by atoms with van der Waals surface area (Å²) in [4.78, 5) is 26.2. The molecule has 0 heterocycles. The van der Waals surface area contributed by atoms with Crippen LogP contribution in [0.1, 0.15) is 45.6 Å². The first kappa shape index (κ1) is 18.2. The maximum atomic E-state index is 12.3. The van der Waals surface area contributed by atoms with Crippen LogP contribution in [0.5, 0.6) is 0 Å². The van der Waals surface area contributed by atoms with Crippen molar-refractivity contribution in [2.24, 2.45) is 0 Å². The molecule has 2 amide bonds. The molecule has 1 aromatic rings. The van der Waals surface area contributed by atoms with Crippen molar-refractivity contribution in [1.82, 2.24) is 10.2 Å². The smallest absolute Gasteiger partial charge is 0.242 e. The van der Waals surface area contributed by atoms with E-state index in [1.54, 1.807) is 4.90 Å². The average Bonchev–Trinajstić information content (AvgIpc) is 2.53. The third-order valence-corrected chi connectivity index (χ3v) is 3.66. The number of amides is 2. The summed E-state index contributed by atoms with van der Waals surface area (Å²) in [6.07, 6.45) is 2.94. The van der Waals surface area contributed by atoms with E-state index in [4.69, 9.17) is 0 Å². The van der Waals surface area contributed by atoms with Crippen molar-refractivity contribution in [2.75, 3.05) is 13.1 Å². The largest absolute Gasteiger partial charge is 0.354 e. The van der Waals surface area contributed by atoms with Gasteiger partial charge in [-0.05, 0) is 31.7 Å². The summed E-state index contributed by atoms with van der Waals surface area (Å²) in [5.41, 5.74) is 1.18. The molecule has 1 aromatic carbocycles. The highest BCUT2D eigenvalue weighted by Gasteiger charge is 2.24. The zero-order valence-electron chi connectivity index (χ0n) is 14.0. The number of nitrogens with zero attached hydrogens (tertiary/aromatic N) is 1. The molecule has 0 saturated heterocycles. The summed E-state index contributed by atoms with van der Waals surface area (Å²) in [5, 5.41) is 2.87. The van der Waals surface area contributed by atoms with Crippen LogP contribution in [0.2, 0.25) is 0 Å². The van der Waals surface area contributed by atoms with Crippen LogP contribution in [0.3, 0.4) is 0 Å². The Morgan fingerprint density at radius 2 is 1.82 bits per heavy atom. The minimum Gasteiger partial charge on any atom is -0.354 e. The van der Waals surface area contributed by atoms with E-state index >= 15 is 0 Å². The predicted molar refractivity (Wildman–Crippen MR) is 89.5 cm³/mol. The van der Waals surface area contributed by atoms with Gasteiger partial charge in [-0.2, -0.15) is 0 Å². The van der Waals surface area contributed by atoms with Gasteiger partial charge in [0.1, 0.15) is 6.04 Å². The van der Waals surface area contributed by atoms with E-state index < -0.39 is 6.04 Å². The predicted octanol–water partition coefficient (Wildman–Crippen LogP) is 2.77. The number of hydrogen-bond donors (Lipinski definition) is 1. The molecular weight excluding hydrogens is 276 g/mol. The van der Waals surface area contributed by atoms with E-state index in [0.717, 1.165) is 19.3 Å². The van der Waals surface area contributed by atoms with E-state index in [0.29, 0.717) is 19.5 Å². The molecule has 4 nitrogen and oxygen atoms in total. The number of nitrogens with one attached hydrogen (secondary N) is 1. The van der Waals surface area contributed by atoms with Gasteiger partial charge in [0.2, 0.25) is 11.8 Å². The van der Waals surface area contributed by atoms with Crippen LogP contribution in [0.4, 0.5) is 0 Å². The molecule has 0 aliphatic heterocycles. The van der Waals surface area contributed by atoms with E-state index in [2.05, 4.69) is 5.32 Å². The first-order chi connectivity index (χ1) is 10.6. The van der Waals surface area contributed by atoms with Gasteiger partial charge in [0.25, 0.3) is 0 Å². The van der Waals surface area contributed by atoms with Crippen LogP contribution in [0.25, 0.3) is 0 Å². The lowest BCUT2D eigenvalue weighted by Crippen LogP contribution is -2.48. The van der Waals surface area contributed by atoms with Crippen LogP contribution < -0.4 is 5.32 Å². The number of hydrogen-bond acceptors (Lipinski definition) is 2. The molecular formula is C18H28N2O2. The van der Waals surface area contributed by atoms with Crippen LogP contribution in [-0.4, -0.2) is 35.8 Å². The lowest BCUT2D eigenvalue weighted by Gasteiger charge is -2.28. The summed E-state index contributed by atoms with van der Waals surface area (Å²) in [7, 11) is 0. The van der Waals surface area contributed by atoms with Crippen molar-refractivity contribution < 1.29 is 9.59 Å². The number of carbonyl (C=O) groups excluding carboxylic acids is 2. The van der Waals surface area contributed by atoms with Gasteiger partial charge in [-0.15, -0.1) is 0 Å². The van der Waals surface area contributed by atoms with Gasteiger partial charge in [-0.1, -0.05) is 44.2 Å². The van der Waals surface area contributed by atoms with Crippen molar-refractivity contribution in [2.45, 2.75) is 52.5 Å². The SMILES string of the molecule is CCCNC(=O)C(C)N(CCc1ccccc1)C(=O)CCC. The second-order valence-electron chi connectivity index (χ2n) is 5.54. The fourth-order valence-corrected chi connectivity index (χ4v) is 2.32. The normalized spacial score (nSPS) is 11.8. The number of benzene rings is 1. The highest BCUT2D eigenvalue weighted by molar-refractivity contribution is 5.87. The van der Waals surface area contributed by atoms with Crippen LogP contribution in [-0.2, 0) is 16.0 Å². The molecule has 0 fully saturated rings. The molecule has 0 spiro atoms. The van der Waals surface area contributed by atoms with Gasteiger partial charge < -0.3 is 10.2 Å². The summed E-state index contributed by atoms with van der Waals surface area (Å²) >= 11 is 0. The summed E-state index contributed by atoms with van der Waals surface area (Å²) < 4.78 is 0. The molecule has 1 N–H and O–H groups in total. The quantitative estimate of drug-likeness (QED) is 0.762. The number of rotatable bonds is 9. The third kappa shape index (κ3) is 5.88. The zero-order chi connectivity index (χ0) is 16.4. The summed E-state index contributed by atoms with van der Waals surface area (Å²) in [5.74, 6) is -0.0167. The monoisotopic (exact) mass is 304 g/mol. The topological polar surface area (TPSA) is 49.4 Å². The van der Waals surface area contributed by atoms with E-state index in [9.17, 15) is 9.59 Å². The molecule has 0 aliphatic carbocycles. The molecule has 122 valence electrons. The first-order valence-corrected chi connectivity index (χ1v) is 8.21. The van der Waals surface area contributed by atoms with E-state index in [1.807, 2.05) is 51.1 Å². The van der Waals surface area contributed by atoms with Crippen molar-refractivity contribution in [3.05, 3.63) is 35.9 Å².